The van der Waals surface area contributed by atoms with Crippen LogP contribution in [0.15, 0.2) is 42.5 Å². The van der Waals surface area contributed by atoms with Crippen LogP contribution >= 0.6 is 11.6 Å². The van der Waals surface area contributed by atoms with Gasteiger partial charge in [-0.05, 0) is 54.4 Å². The van der Waals surface area contributed by atoms with E-state index in [9.17, 15) is 14.4 Å². The Morgan fingerprint density at radius 3 is 2.63 bits per heavy atom. The molecule has 3 rings (SSSR count). The Labute approximate surface area is 161 Å². The Bertz CT molecular complexity index is 878. The molecule has 0 saturated carbocycles. The van der Waals surface area contributed by atoms with Crippen LogP contribution in [0.3, 0.4) is 0 Å². The average Bonchev–Trinajstić information content (AvgIpc) is 2.65. The second kappa shape index (κ2) is 8.22. The van der Waals surface area contributed by atoms with Gasteiger partial charge in [0.15, 0.2) is 12.4 Å². The molecule has 2 aromatic carbocycles. The Kier molecular flexibility index (Phi) is 5.76. The highest BCUT2D eigenvalue weighted by Gasteiger charge is 2.28. The number of amides is 1. The summed E-state index contributed by atoms with van der Waals surface area (Å²) in [6.45, 7) is 1.25. The van der Waals surface area contributed by atoms with Crippen molar-refractivity contribution in [2.75, 3.05) is 18.5 Å². The third kappa shape index (κ3) is 4.86. The molecule has 1 aliphatic heterocycles. The van der Waals surface area contributed by atoms with Crippen molar-refractivity contribution in [3.05, 3.63) is 58.6 Å². The summed E-state index contributed by atoms with van der Waals surface area (Å²) in [5, 5.41) is 3.19. The summed E-state index contributed by atoms with van der Waals surface area (Å²) in [5.41, 5.74) is 1.83. The predicted molar refractivity (Wildman–Crippen MR) is 100 cm³/mol. The SMILES string of the molecule is CC(=O)Nc1ccc(C(=O)COC(=O)[C@H]2COc3ccc(Cl)cc3C2)cc1. The van der Waals surface area contributed by atoms with E-state index in [1.807, 2.05) is 0 Å². The lowest BCUT2D eigenvalue weighted by molar-refractivity contribution is -0.148. The minimum absolute atomic E-state index is 0.194. The quantitative estimate of drug-likeness (QED) is 0.629. The summed E-state index contributed by atoms with van der Waals surface area (Å²) in [6, 6.07) is 11.6. The Morgan fingerprint density at radius 1 is 1.19 bits per heavy atom. The normalized spacial score (nSPS) is 15.3. The maximum atomic E-state index is 12.3. The number of carbonyl (C=O) groups is 3. The van der Waals surface area contributed by atoms with Crippen LogP contribution in [0.25, 0.3) is 0 Å². The summed E-state index contributed by atoms with van der Waals surface area (Å²) in [7, 11) is 0. The molecule has 0 bridgehead atoms. The smallest absolute Gasteiger partial charge is 0.313 e. The van der Waals surface area contributed by atoms with Gasteiger partial charge in [0.05, 0.1) is 5.92 Å². The van der Waals surface area contributed by atoms with Crippen LogP contribution in [0.1, 0.15) is 22.8 Å². The third-order valence-corrected chi connectivity index (χ3v) is 4.37. The first-order valence-electron chi connectivity index (χ1n) is 8.41. The van der Waals surface area contributed by atoms with Gasteiger partial charge in [0.2, 0.25) is 5.91 Å². The van der Waals surface area contributed by atoms with Crippen molar-refractivity contribution in [1.29, 1.82) is 0 Å². The van der Waals surface area contributed by atoms with Crippen LogP contribution in [-0.2, 0) is 20.7 Å². The molecular formula is C20H18ClNO5. The fourth-order valence-corrected chi connectivity index (χ4v) is 2.99. The largest absolute Gasteiger partial charge is 0.492 e. The molecule has 1 aliphatic rings. The highest BCUT2D eigenvalue weighted by molar-refractivity contribution is 6.30. The molecule has 0 fully saturated rings. The number of nitrogens with one attached hydrogen (secondary N) is 1. The molecule has 0 aliphatic carbocycles. The first kappa shape index (κ1) is 18.9. The number of fused-ring (bicyclic) bond motifs is 1. The number of hydrogen-bond donors (Lipinski definition) is 1. The van der Waals surface area contributed by atoms with E-state index in [4.69, 9.17) is 21.1 Å². The first-order chi connectivity index (χ1) is 12.9. The third-order valence-electron chi connectivity index (χ3n) is 4.13. The van der Waals surface area contributed by atoms with E-state index >= 15 is 0 Å². The number of rotatable bonds is 5. The minimum Gasteiger partial charge on any atom is -0.492 e. The number of ketones is 1. The molecule has 0 unspecified atom stereocenters. The molecule has 1 amide bonds. The molecule has 1 N–H and O–H groups in total. The van der Waals surface area contributed by atoms with E-state index in [1.165, 1.54) is 6.92 Å². The van der Waals surface area contributed by atoms with Gasteiger partial charge in [-0.25, -0.2) is 0 Å². The van der Waals surface area contributed by atoms with E-state index < -0.39 is 11.9 Å². The van der Waals surface area contributed by atoms with Crippen molar-refractivity contribution in [3.8, 4) is 5.75 Å². The molecular weight excluding hydrogens is 370 g/mol. The maximum absolute atomic E-state index is 12.3. The van der Waals surface area contributed by atoms with E-state index in [0.29, 0.717) is 28.4 Å². The van der Waals surface area contributed by atoms with Gasteiger partial charge < -0.3 is 14.8 Å². The van der Waals surface area contributed by atoms with Crippen molar-refractivity contribution < 1.29 is 23.9 Å². The fraction of sp³-hybridized carbons (Fsp3) is 0.250. The van der Waals surface area contributed by atoms with E-state index in [1.54, 1.807) is 42.5 Å². The number of halogens is 1. The van der Waals surface area contributed by atoms with Gasteiger partial charge in [0, 0.05) is 23.2 Å². The summed E-state index contributed by atoms with van der Waals surface area (Å²) >= 11 is 5.97. The lowest BCUT2D eigenvalue weighted by Gasteiger charge is -2.24. The zero-order chi connectivity index (χ0) is 19.4. The number of Topliss-reactive ketones (excluding diaryl/α,β-unsaturated/α-hetero) is 1. The zero-order valence-corrected chi connectivity index (χ0v) is 15.4. The monoisotopic (exact) mass is 387 g/mol. The number of benzene rings is 2. The number of ether oxygens (including phenoxy) is 2. The highest BCUT2D eigenvalue weighted by atomic mass is 35.5. The fourth-order valence-electron chi connectivity index (χ4n) is 2.80. The summed E-state index contributed by atoms with van der Waals surface area (Å²) in [5.74, 6) is -0.771. The molecule has 2 aromatic rings. The topological polar surface area (TPSA) is 81.7 Å². The molecule has 0 radical (unpaired) electrons. The molecule has 6 nitrogen and oxygen atoms in total. The second-order valence-electron chi connectivity index (χ2n) is 6.25. The van der Waals surface area contributed by atoms with E-state index in [0.717, 1.165) is 5.56 Å². The van der Waals surface area contributed by atoms with Crippen LogP contribution in [0.5, 0.6) is 5.75 Å². The van der Waals surface area contributed by atoms with Crippen LogP contribution in [0.4, 0.5) is 5.69 Å². The number of esters is 1. The lowest BCUT2D eigenvalue weighted by Crippen LogP contribution is -2.31. The molecule has 0 spiro atoms. The minimum atomic E-state index is -0.483. The van der Waals surface area contributed by atoms with Gasteiger partial charge in [-0.2, -0.15) is 0 Å². The van der Waals surface area contributed by atoms with Crippen molar-refractivity contribution >= 4 is 34.9 Å². The lowest BCUT2D eigenvalue weighted by atomic mass is 9.97. The molecule has 0 aromatic heterocycles. The molecule has 27 heavy (non-hydrogen) atoms. The Morgan fingerprint density at radius 2 is 1.93 bits per heavy atom. The summed E-state index contributed by atoms with van der Waals surface area (Å²) in [6.07, 6.45) is 0.453. The van der Waals surface area contributed by atoms with Gasteiger partial charge in [-0.3, -0.25) is 14.4 Å². The van der Waals surface area contributed by atoms with Crippen LogP contribution in [-0.4, -0.2) is 30.9 Å². The average molecular weight is 388 g/mol. The number of anilines is 1. The van der Waals surface area contributed by atoms with Crippen LogP contribution in [0.2, 0.25) is 5.02 Å². The van der Waals surface area contributed by atoms with Gasteiger partial charge >= 0.3 is 5.97 Å². The summed E-state index contributed by atoms with van der Waals surface area (Å²) in [4.78, 5) is 35.5. The van der Waals surface area contributed by atoms with E-state index in [-0.39, 0.29) is 24.9 Å². The van der Waals surface area contributed by atoms with Crippen molar-refractivity contribution in [3.63, 3.8) is 0 Å². The Balaban J connectivity index is 1.54. The zero-order valence-electron chi connectivity index (χ0n) is 14.7. The second-order valence-corrected chi connectivity index (χ2v) is 6.69. The van der Waals surface area contributed by atoms with Gasteiger partial charge in [-0.1, -0.05) is 11.6 Å². The van der Waals surface area contributed by atoms with Crippen molar-refractivity contribution in [2.24, 2.45) is 5.92 Å². The predicted octanol–water partition coefficient (Wildman–Crippen LogP) is 3.28. The molecule has 1 heterocycles. The van der Waals surface area contributed by atoms with Gasteiger partial charge in [-0.15, -0.1) is 0 Å². The van der Waals surface area contributed by atoms with Crippen LogP contribution in [0, 0.1) is 5.92 Å². The first-order valence-corrected chi connectivity index (χ1v) is 8.79. The summed E-state index contributed by atoms with van der Waals surface area (Å²) < 4.78 is 10.7. The molecule has 7 heteroatoms. The molecule has 1 atom stereocenters. The number of carbonyl (C=O) groups excluding carboxylic acids is 3. The maximum Gasteiger partial charge on any atom is 0.313 e. The van der Waals surface area contributed by atoms with Crippen molar-refractivity contribution in [1.82, 2.24) is 0 Å². The molecule has 140 valence electrons. The Hall–Kier alpha value is -2.86. The van der Waals surface area contributed by atoms with Crippen LogP contribution < -0.4 is 10.1 Å². The molecule has 0 saturated heterocycles. The van der Waals surface area contributed by atoms with E-state index in [2.05, 4.69) is 5.32 Å². The number of hydrogen-bond acceptors (Lipinski definition) is 5. The standard InChI is InChI=1S/C20H18ClNO5/c1-12(23)22-17-5-2-13(3-6-17)18(24)11-27-20(25)15-8-14-9-16(21)4-7-19(14)26-10-15/h2-7,9,15H,8,10-11H2,1H3,(H,22,23)/t15-/m1/s1. The highest BCUT2D eigenvalue weighted by Crippen LogP contribution is 2.30. The van der Waals surface area contributed by atoms with Gasteiger partial charge in [0.1, 0.15) is 12.4 Å². The van der Waals surface area contributed by atoms with Crippen molar-refractivity contribution in [2.45, 2.75) is 13.3 Å². The van der Waals surface area contributed by atoms with Gasteiger partial charge in [0.25, 0.3) is 0 Å².